The number of guanidine groups is 1. The molecule has 0 unspecified atom stereocenters. The molecule has 4 aliphatic rings. The molecule has 1 aliphatic heterocycles. The Morgan fingerprint density at radius 1 is 1.09 bits per heavy atom. The van der Waals surface area contributed by atoms with Gasteiger partial charge in [-0.2, -0.15) is 5.26 Å². The van der Waals surface area contributed by atoms with E-state index in [1.807, 2.05) is 0 Å². The van der Waals surface area contributed by atoms with Crippen molar-refractivity contribution in [2.24, 2.45) is 34.2 Å². The number of nitrogens with two attached hydrogens (primary N) is 1. The number of nitroso groups, excluding NO2 is 1. The summed E-state index contributed by atoms with van der Waals surface area (Å²) in [7, 11) is -0.547. The molecule has 44 heavy (non-hydrogen) atoms. The van der Waals surface area contributed by atoms with Gasteiger partial charge in [-0.05, 0) is 75.0 Å². The van der Waals surface area contributed by atoms with Gasteiger partial charge in [-0.25, -0.2) is 0 Å². The van der Waals surface area contributed by atoms with E-state index in [1.54, 1.807) is 0 Å². The minimum atomic E-state index is -0.741. The summed E-state index contributed by atoms with van der Waals surface area (Å²) >= 11 is 0. The van der Waals surface area contributed by atoms with Crippen LogP contribution >= 0.6 is 0 Å². The number of amides is 2. The Bertz CT molecular complexity index is 1050. The van der Waals surface area contributed by atoms with Gasteiger partial charge in [-0.15, -0.1) is 10.3 Å². The van der Waals surface area contributed by atoms with Crippen molar-refractivity contribution in [1.29, 1.82) is 5.26 Å². The molecule has 0 radical (unpaired) electrons. The standard InChI is InChI=1S/C31H54BN7O5/c1-21(2)18-26(32-43-25-20-22-19-24(30(22,3)4)31(25,5)44-32)37-28(41)23(14-13-17-35-29(34)38-39-42)36-27(40)15-11-9-7-6-8-10-12-16-33/h21-26H,6-15,17-20H2,1-5H3,(H,36,40)(H,37,41)(H3,34,35,38,42)/p+1/t22-,23-,24-,25+,26-,31-/m0/s1. The zero-order valence-corrected chi connectivity index (χ0v) is 27.5. The Morgan fingerprint density at radius 3 is 2.45 bits per heavy atom. The van der Waals surface area contributed by atoms with Crippen molar-refractivity contribution < 1.29 is 23.9 Å². The maximum atomic E-state index is 13.8. The second kappa shape index (κ2) is 16.6. The second-order valence-corrected chi connectivity index (χ2v) is 14.2. The fourth-order valence-electron chi connectivity index (χ4n) is 7.45. The Balaban J connectivity index is 1.60. The summed E-state index contributed by atoms with van der Waals surface area (Å²) in [5.41, 5.74) is 7.59. The van der Waals surface area contributed by atoms with E-state index in [1.165, 1.54) is 0 Å². The van der Waals surface area contributed by atoms with Crippen molar-refractivity contribution in [2.45, 2.75) is 142 Å². The number of nitrogens with zero attached hydrogens (tertiary/aromatic N) is 2. The first-order valence-corrected chi connectivity index (χ1v) is 16.7. The monoisotopic (exact) mass is 616 g/mol. The fraction of sp³-hybridized carbons (Fsp3) is 0.871. The van der Waals surface area contributed by atoms with Gasteiger partial charge in [0.1, 0.15) is 11.3 Å². The van der Waals surface area contributed by atoms with Crippen LogP contribution < -0.4 is 26.8 Å². The lowest BCUT2D eigenvalue weighted by Gasteiger charge is -2.64. The Morgan fingerprint density at radius 2 is 1.80 bits per heavy atom. The largest absolute Gasteiger partial charge is 0.481 e. The van der Waals surface area contributed by atoms with Crippen LogP contribution in [0.4, 0.5) is 0 Å². The van der Waals surface area contributed by atoms with Gasteiger partial charge >= 0.3 is 13.1 Å². The van der Waals surface area contributed by atoms with Gasteiger partial charge in [0.25, 0.3) is 0 Å². The summed E-state index contributed by atoms with van der Waals surface area (Å²) < 4.78 is 13.2. The molecule has 2 bridgehead atoms. The molecule has 12 nitrogen and oxygen atoms in total. The predicted molar refractivity (Wildman–Crippen MR) is 169 cm³/mol. The lowest BCUT2D eigenvalue weighted by molar-refractivity contribution is -0.461. The van der Waals surface area contributed by atoms with E-state index in [0.29, 0.717) is 56.4 Å². The van der Waals surface area contributed by atoms with Gasteiger partial charge in [0.15, 0.2) is 0 Å². The van der Waals surface area contributed by atoms with E-state index in [9.17, 15) is 14.5 Å². The van der Waals surface area contributed by atoms with Gasteiger partial charge in [0.05, 0.1) is 30.3 Å². The molecule has 0 spiro atoms. The van der Waals surface area contributed by atoms with Crippen LogP contribution in [0.3, 0.4) is 0 Å². The molecule has 13 heteroatoms. The molecule has 6 atom stereocenters. The molecule has 0 aromatic heterocycles. The van der Waals surface area contributed by atoms with Crippen molar-refractivity contribution in [3.63, 3.8) is 0 Å². The third kappa shape index (κ3) is 9.40. The van der Waals surface area contributed by atoms with Gasteiger partial charge in [-0.1, -0.05) is 53.4 Å². The van der Waals surface area contributed by atoms with Gasteiger partial charge in [0, 0.05) is 12.8 Å². The van der Waals surface area contributed by atoms with Gasteiger partial charge in [0.2, 0.25) is 11.8 Å². The number of rotatable bonds is 19. The number of nitrogens with one attached hydrogen (secondary N) is 4. The Labute approximate surface area is 263 Å². The minimum Gasteiger partial charge on any atom is -0.404 e. The van der Waals surface area contributed by atoms with E-state index >= 15 is 0 Å². The summed E-state index contributed by atoms with van der Waals surface area (Å²) in [6, 6.07) is 1.43. The predicted octanol–water partition coefficient (Wildman–Crippen LogP) is 2.36. The van der Waals surface area contributed by atoms with Crippen LogP contribution in [0.1, 0.15) is 118 Å². The molecular formula is C31H55BN7O5+. The van der Waals surface area contributed by atoms with Crippen LogP contribution in [0.25, 0.3) is 0 Å². The Hall–Kier alpha value is -2.72. The lowest BCUT2D eigenvalue weighted by Crippen LogP contribution is -2.78. The average molecular weight is 617 g/mol. The van der Waals surface area contributed by atoms with Crippen LogP contribution in [-0.4, -0.2) is 55.1 Å². The molecule has 3 aliphatic carbocycles. The van der Waals surface area contributed by atoms with E-state index in [-0.39, 0.29) is 40.8 Å². The van der Waals surface area contributed by atoms with E-state index in [2.05, 4.69) is 67.0 Å². The van der Waals surface area contributed by atoms with Crippen LogP contribution in [0.5, 0.6) is 0 Å². The number of carbonyl (C=O) groups is 2. The van der Waals surface area contributed by atoms with Crippen molar-refractivity contribution in [3.05, 3.63) is 4.91 Å². The average Bonchev–Trinajstić information content (AvgIpc) is 3.32. The molecule has 1 heterocycles. The summed E-state index contributed by atoms with van der Waals surface area (Å²) in [4.78, 5) is 39.9. The summed E-state index contributed by atoms with van der Waals surface area (Å²) in [6.45, 7) is 11.4. The first-order valence-electron chi connectivity index (χ1n) is 16.7. The highest BCUT2D eigenvalue weighted by atomic mass is 16.7. The third-order valence-electron chi connectivity index (χ3n) is 10.1. The fourth-order valence-corrected chi connectivity index (χ4v) is 7.45. The highest BCUT2D eigenvalue weighted by molar-refractivity contribution is 6.48. The quantitative estimate of drug-likeness (QED) is 0.0366. The molecule has 1 saturated heterocycles. The molecule has 3 saturated carbocycles. The molecule has 0 aromatic rings. The molecule has 4 rings (SSSR count). The van der Waals surface area contributed by atoms with Crippen LogP contribution in [-0.2, 0) is 18.9 Å². The van der Waals surface area contributed by atoms with E-state index in [4.69, 9.17) is 20.3 Å². The topological polar surface area (TPSA) is 182 Å². The summed E-state index contributed by atoms with van der Waals surface area (Å²) in [5.74, 6) is 0.605. The minimum absolute atomic E-state index is 0.0138. The molecule has 4 fully saturated rings. The highest BCUT2D eigenvalue weighted by Crippen LogP contribution is 2.65. The summed E-state index contributed by atoms with van der Waals surface area (Å²) in [6.07, 6.45) is 10.4. The molecule has 2 amide bonds. The number of nitriles is 1. The number of hydrogen-bond acceptors (Lipinski definition) is 7. The first kappa shape index (κ1) is 35.8. The van der Waals surface area contributed by atoms with Crippen molar-refractivity contribution >= 4 is 24.9 Å². The maximum Gasteiger partial charge on any atom is 0.481 e. The third-order valence-corrected chi connectivity index (χ3v) is 10.1. The normalized spacial score (nSPS) is 26.6. The summed E-state index contributed by atoms with van der Waals surface area (Å²) in [5, 5.41) is 17.3. The number of hydrogen-bond donors (Lipinski definition) is 5. The Kier molecular flexibility index (Phi) is 13.5. The van der Waals surface area contributed by atoms with Crippen molar-refractivity contribution in [3.8, 4) is 6.07 Å². The van der Waals surface area contributed by atoms with Crippen LogP contribution in [0, 0.1) is 39.4 Å². The first-order chi connectivity index (χ1) is 20.9. The van der Waals surface area contributed by atoms with Gasteiger partial charge < -0.3 is 19.9 Å². The van der Waals surface area contributed by atoms with Crippen LogP contribution in [0.2, 0.25) is 0 Å². The second-order valence-electron chi connectivity index (χ2n) is 14.2. The highest BCUT2D eigenvalue weighted by Gasteiger charge is 2.68. The van der Waals surface area contributed by atoms with E-state index in [0.717, 1.165) is 51.4 Å². The number of unbranched alkanes of at least 4 members (excludes halogenated alkanes) is 6. The molecule has 6 N–H and O–H groups in total. The van der Waals surface area contributed by atoms with Gasteiger partial charge in [-0.3, -0.25) is 20.3 Å². The SMILES string of the molecule is CC(C)C[C@H](NC(=O)[C@H](CCC[NH+]=C(N)NN=O)NC(=O)CCCCCCCCC#N)B1O[C@@H]2C[C@@H]3C[C@@H](C3(C)C)[C@]2(C)O1. The van der Waals surface area contributed by atoms with Crippen molar-refractivity contribution in [2.75, 3.05) is 6.54 Å². The lowest BCUT2D eigenvalue weighted by atomic mass is 9.43. The van der Waals surface area contributed by atoms with Crippen LogP contribution in [0.15, 0.2) is 5.29 Å². The maximum absolute atomic E-state index is 13.8. The zero-order chi connectivity index (χ0) is 32.3. The zero-order valence-electron chi connectivity index (χ0n) is 27.5. The number of carbonyl (C=O) groups excluding carboxylic acids is 2. The van der Waals surface area contributed by atoms with E-state index < -0.39 is 13.2 Å². The molecular weight excluding hydrogens is 561 g/mol. The molecule has 0 aromatic carbocycles. The van der Waals surface area contributed by atoms with Crippen molar-refractivity contribution in [1.82, 2.24) is 16.1 Å². The smallest absolute Gasteiger partial charge is 0.404 e. The molecule has 246 valence electrons.